The molecule has 0 radical (unpaired) electrons. The lowest BCUT2D eigenvalue weighted by Gasteiger charge is -2.02. The number of benzene rings is 3. The second-order valence-corrected chi connectivity index (χ2v) is 4.33. The predicted octanol–water partition coefficient (Wildman–Crippen LogP) is 3.34. The second kappa shape index (κ2) is 2.63. The molecule has 4 aromatic rings. The minimum absolute atomic E-state index is 0.602. The molecule has 3 nitrogen and oxygen atoms in total. The van der Waals surface area contributed by atoms with E-state index in [1.165, 1.54) is 0 Å². The van der Waals surface area contributed by atoms with Crippen LogP contribution in [0.4, 0.5) is 11.4 Å². The summed E-state index contributed by atoms with van der Waals surface area (Å²) in [6.45, 7) is 0. The van der Waals surface area contributed by atoms with Crippen molar-refractivity contribution in [3.8, 4) is 0 Å². The van der Waals surface area contributed by atoms with Crippen LogP contribution in [0, 0.1) is 0 Å². The van der Waals surface area contributed by atoms with Crippen molar-refractivity contribution in [2.24, 2.45) is 0 Å². The molecule has 0 unspecified atom stereocenters. The molecule has 0 atom stereocenters. The number of fused-ring (bicyclic) bond motifs is 8. The Balaban J connectivity index is 2.35. The van der Waals surface area contributed by atoms with Gasteiger partial charge >= 0.3 is 0 Å². The van der Waals surface area contributed by atoms with Crippen molar-refractivity contribution in [1.29, 1.82) is 0 Å². The van der Waals surface area contributed by atoms with E-state index < -0.39 is 0 Å². The quantitative estimate of drug-likeness (QED) is 0.354. The lowest BCUT2D eigenvalue weighted by molar-refractivity contribution is 0.682. The number of nitrogen functional groups attached to an aromatic ring is 2. The Labute approximate surface area is 96.9 Å². The highest BCUT2D eigenvalue weighted by molar-refractivity contribution is 6.26. The molecular formula is C14H10N2O. The zero-order valence-electron chi connectivity index (χ0n) is 9.03. The number of hydrogen-bond donors (Lipinski definition) is 2. The summed E-state index contributed by atoms with van der Waals surface area (Å²) in [4.78, 5) is 0. The Bertz CT molecular complexity index is 791. The molecule has 0 aliphatic rings. The zero-order chi connectivity index (χ0) is 11.6. The number of rotatable bonds is 0. The molecule has 2 aromatic carbocycles. The summed E-state index contributed by atoms with van der Waals surface area (Å²) in [6.07, 6.45) is 0. The van der Waals surface area contributed by atoms with Crippen molar-refractivity contribution in [2.45, 2.75) is 0 Å². The van der Waals surface area contributed by atoms with Crippen molar-refractivity contribution < 1.29 is 4.42 Å². The van der Waals surface area contributed by atoms with Crippen LogP contribution in [0.2, 0.25) is 0 Å². The summed E-state index contributed by atoms with van der Waals surface area (Å²) in [7, 11) is 0. The Morgan fingerprint density at radius 3 is 1.65 bits per heavy atom. The molecule has 82 valence electrons. The van der Waals surface area contributed by atoms with Gasteiger partial charge in [0.25, 0.3) is 0 Å². The second-order valence-electron chi connectivity index (χ2n) is 4.33. The minimum atomic E-state index is 0.602. The van der Waals surface area contributed by atoms with Gasteiger partial charge in [-0.3, -0.25) is 0 Å². The lowest BCUT2D eigenvalue weighted by Crippen LogP contribution is -1.93. The Morgan fingerprint density at radius 1 is 0.706 bits per heavy atom. The van der Waals surface area contributed by atoms with E-state index in [0.717, 1.165) is 32.7 Å². The highest BCUT2D eigenvalue weighted by Gasteiger charge is 2.17. The fraction of sp³-hybridized carbons (Fsp3) is 0. The Hall–Kier alpha value is -2.42. The average Bonchev–Trinajstić information content (AvgIpc) is 2.87. The third-order valence-electron chi connectivity index (χ3n) is 3.33. The van der Waals surface area contributed by atoms with Gasteiger partial charge in [0.05, 0.1) is 11.4 Å². The van der Waals surface area contributed by atoms with Crippen LogP contribution in [0.25, 0.3) is 32.7 Å². The van der Waals surface area contributed by atoms with Crippen molar-refractivity contribution in [3.63, 3.8) is 0 Å². The summed E-state index contributed by atoms with van der Waals surface area (Å²) in [5.41, 5.74) is 14.7. The molecule has 2 bridgehead atoms. The highest BCUT2D eigenvalue weighted by Crippen LogP contribution is 2.42. The van der Waals surface area contributed by atoms with E-state index in [9.17, 15) is 0 Å². The molecule has 2 aromatic heterocycles. The number of furan rings is 2. The highest BCUT2D eigenvalue weighted by atomic mass is 16.3. The first-order valence-corrected chi connectivity index (χ1v) is 5.47. The molecule has 0 saturated carbocycles. The Morgan fingerprint density at radius 2 is 1.18 bits per heavy atom. The molecule has 2 heterocycles. The molecule has 4 N–H and O–H groups in total. The number of anilines is 2. The predicted molar refractivity (Wildman–Crippen MR) is 71.2 cm³/mol. The van der Waals surface area contributed by atoms with Crippen molar-refractivity contribution in [1.82, 2.24) is 0 Å². The first kappa shape index (κ1) is 8.70. The number of hydrogen-bond acceptors (Lipinski definition) is 3. The van der Waals surface area contributed by atoms with Gasteiger partial charge in [-0.2, -0.15) is 0 Å². The molecule has 0 saturated heterocycles. The molecular weight excluding hydrogens is 212 g/mol. The molecule has 0 fully saturated rings. The van der Waals surface area contributed by atoms with Crippen LogP contribution in [0.15, 0.2) is 40.8 Å². The van der Waals surface area contributed by atoms with Gasteiger partial charge in [-0.05, 0) is 12.1 Å². The normalized spacial score (nSPS) is 12.0. The maximum Gasteiger partial charge on any atom is 0.143 e. The number of nitrogens with two attached hydrogens (primary N) is 2. The molecule has 0 aliphatic carbocycles. The van der Waals surface area contributed by atoms with Gasteiger partial charge in [-0.25, -0.2) is 0 Å². The van der Waals surface area contributed by atoms with E-state index in [-0.39, 0.29) is 0 Å². The van der Waals surface area contributed by atoms with Gasteiger partial charge in [-0.1, -0.05) is 24.3 Å². The van der Waals surface area contributed by atoms with Crippen LogP contribution in [0.1, 0.15) is 0 Å². The van der Waals surface area contributed by atoms with E-state index in [1.54, 1.807) is 0 Å². The van der Waals surface area contributed by atoms with Crippen LogP contribution in [0.3, 0.4) is 0 Å². The van der Waals surface area contributed by atoms with Crippen LogP contribution < -0.4 is 11.5 Å². The van der Waals surface area contributed by atoms with Crippen LogP contribution >= 0.6 is 0 Å². The van der Waals surface area contributed by atoms with E-state index in [0.29, 0.717) is 11.4 Å². The van der Waals surface area contributed by atoms with Gasteiger partial charge in [0.15, 0.2) is 0 Å². The molecule has 17 heavy (non-hydrogen) atoms. The van der Waals surface area contributed by atoms with Gasteiger partial charge < -0.3 is 15.9 Å². The maximum absolute atomic E-state index is 5.85. The molecule has 0 spiro atoms. The summed E-state index contributed by atoms with van der Waals surface area (Å²) < 4.78 is 5.85. The van der Waals surface area contributed by atoms with Crippen molar-refractivity contribution in [2.75, 3.05) is 11.5 Å². The van der Waals surface area contributed by atoms with Gasteiger partial charge in [0.2, 0.25) is 0 Å². The van der Waals surface area contributed by atoms with Crippen LogP contribution in [-0.2, 0) is 0 Å². The van der Waals surface area contributed by atoms with E-state index in [1.807, 2.05) is 24.3 Å². The van der Waals surface area contributed by atoms with Gasteiger partial charge in [-0.15, -0.1) is 0 Å². The van der Waals surface area contributed by atoms with Crippen molar-refractivity contribution >= 4 is 44.1 Å². The summed E-state index contributed by atoms with van der Waals surface area (Å²) in [5.74, 6) is 0. The fourth-order valence-electron chi connectivity index (χ4n) is 2.50. The minimum Gasteiger partial charge on any atom is -0.455 e. The van der Waals surface area contributed by atoms with Crippen molar-refractivity contribution in [3.05, 3.63) is 36.4 Å². The van der Waals surface area contributed by atoms with Gasteiger partial charge in [0.1, 0.15) is 11.2 Å². The lowest BCUT2D eigenvalue weighted by atomic mass is 10.0. The third-order valence-corrected chi connectivity index (χ3v) is 3.33. The first-order valence-electron chi connectivity index (χ1n) is 5.47. The van der Waals surface area contributed by atoms with E-state index in [2.05, 4.69) is 12.1 Å². The van der Waals surface area contributed by atoms with E-state index in [4.69, 9.17) is 15.9 Å². The topological polar surface area (TPSA) is 65.2 Å². The molecule has 3 heteroatoms. The maximum atomic E-state index is 5.85. The molecule has 4 rings (SSSR count). The van der Waals surface area contributed by atoms with Gasteiger partial charge in [0, 0.05) is 21.5 Å². The molecule has 0 aliphatic heterocycles. The third kappa shape index (κ3) is 0.916. The van der Waals surface area contributed by atoms with Crippen LogP contribution in [-0.4, -0.2) is 0 Å². The van der Waals surface area contributed by atoms with E-state index >= 15 is 0 Å². The monoisotopic (exact) mass is 222 g/mol. The Kier molecular flexibility index (Phi) is 1.35. The zero-order valence-corrected chi connectivity index (χ0v) is 9.03. The summed E-state index contributed by atoms with van der Waals surface area (Å²) in [5, 5.41) is 4.37. The largest absolute Gasteiger partial charge is 0.455 e. The average molecular weight is 222 g/mol. The SMILES string of the molecule is Nc1cc2c(cc1N)c1oc2c2ccccc21. The fourth-order valence-corrected chi connectivity index (χ4v) is 2.50. The summed E-state index contributed by atoms with van der Waals surface area (Å²) in [6, 6.07) is 11.9. The standard InChI is InChI=1S/C14H10N2O/c15-11-5-9-10(6-12(11)16)14-8-4-2-1-3-7(8)13(9)17-14/h1-6H,15-16H2. The smallest absolute Gasteiger partial charge is 0.143 e. The van der Waals surface area contributed by atoms with Crippen LogP contribution in [0.5, 0.6) is 0 Å². The summed E-state index contributed by atoms with van der Waals surface area (Å²) >= 11 is 0. The first-order chi connectivity index (χ1) is 8.25. The molecule has 0 amide bonds.